The number of aromatic nitrogens is 2. The lowest BCUT2D eigenvalue weighted by Crippen LogP contribution is -2.33. The van der Waals surface area contributed by atoms with Gasteiger partial charge in [0.05, 0.1) is 18.6 Å². The van der Waals surface area contributed by atoms with Crippen LogP contribution in [0.25, 0.3) is 0 Å². The van der Waals surface area contributed by atoms with E-state index in [0.29, 0.717) is 12.7 Å². The van der Waals surface area contributed by atoms with Crippen molar-refractivity contribution in [2.45, 2.75) is 32.6 Å². The van der Waals surface area contributed by atoms with E-state index >= 15 is 0 Å². The molecule has 0 aliphatic carbocycles. The SMILES string of the molecule is CC.O=CC1CC(CO)OC1n1ccc(=O)[nH]c1=O.PS. The monoisotopic (exact) mass is 336 g/mol. The van der Waals surface area contributed by atoms with Crippen LogP contribution in [-0.4, -0.2) is 33.7 Å². The molecule has 1 saturated heterocycles. The lowest BCUT2D eigenvalue weighted by atomic mass is 10.1. The molecule has 2 rings (SSSR count). The molecule has 9 heteroatoms. The number of rotatable bonds is 3. The molecule has 0 aromatic carbocycles. The van der Waals surface area contributed by atoms with E-state index in [1.54, 1.807) is 0 Å². The summed E-state index contributed by atoms with van der Waals surface area (Å²) in [6.45, 7) is 3.79. The quantitative estimate of drug-likeness (QED) is 0.420. The highest BCUT2D eigenvalue weighted by Gasteiger charge is 2.36. The number of nitrogens with one attached hydrogen (secondary N) is 1. The van der Waals surface area contributed by atoms with E-state index in [9.17, 15) is 14.4 Å². The second-order valence-electron chi connectivity index (χ2n) is 3.88. The van der Waals surface area contributed by atoms with Crippen LogP contribution in [0.3, 0.4) is 0 Å². The van der Waals surface area contributed by atoms with Gasteiger partial charge in [0, 0.05) is 12.3 Å². The van der Waals surface area contributed by atoms with Gasteiger partial charge in [-0.3, -0.25) is 14.3 Å². The molecule has 0 spiro atoms. The van der Waals surface area contributed by atoms with E-state index in [1.807, 2.05) is 13.8 Å². The predicted molar refractivity (Wildman–Crippen MR) is 86.5 cm³/mol. The second-order valence-corrected chi connectivity index (χ2v) is 3.88. The Bertz CT molecular complexity index is 533. The first-order valence-corrected chi connectivity index (χ1v) is 8.51. The number of aromatic amines is 1. The molecule has 1 fully saturated rings. The standard InChI is InChI=1S/C10H12N2O5.C2H6.H3PS/c13-4-6-3-7(5-14)17-9(6)12-2-1-8(15)11-10(12)16;2*1-2/h1-2,4,6-7,9,14H,3,5H2,(H,11,15,16);1-2H3;2H,1H2. The van der Waals surface area contributed by atoms with Gasteiger partial charge in [0.2, 0.25) is 0 Å². The van der Waals surface area contributed by atoms with Crippen molar-refractivity contribution in [2.75, 3.05) is 6.61 Å². The van der Waals surface area contributed by atoms with Gasteiger partial charge in [-0.15, -0.1) is 0 Å². The van der Waals surface area contributed by atoms with Crippen molar-refractivity contribution in [3.63, 3.8) is 0 Å². The van der Waals surface area contributed by atoms with Crippen LogP contribution in [0.2, 0.25) is 0 Å². The largest absolute Gasteiger partial charge is 0.394 e. The molecule has 4 atom stereocenters. The van der Waals surface area contributed by atoms with Crippen LogP contribution in [0.1, 0.15) is 26.5 Å². The van der Waals surface area contributed by atoms with Gasteiger partial charge in [0.25, 0.3) is 5.56 Å². The zero-order valence-electron chi connectivity index (χ0n) is 11.9. The summed E-state index contributed by atoms with van der Waals surface area (Å²) in [6, 6.07) is 1.18. The number of hydrogen-bond donors (Lipinski definition) is 3. The molecule has 1 aliphatic rings. The first-order valence-electron chi connectivity index (χ1n) is 6.44. The summed E-state index contributed by atoms with van der Waals surface area (Å²) >= 11 is 3.44. The van der Waals surface area contributed by atoms with Gasteiger partial charge >= 0.3 is 5.69 Å². The highest BCUT2D eigenvalue weighted by atomic mass is 32.7. The minimum absolute atomic E-state index is 0.209. The number of hydrogen-bond acceptors (Lipinski definition) is 6. The predicted octanol–water partition coefficient (Wildman–Crippen LogP) is 0.364. The summed E-state index contributed by atoms with van der Waals surface area (Å²) in [5.74, 6) is -0.504. The summed E-state index contributed by atoms with van der Waals surface area (Å²) in [5.41, 5.74) is -1.14. The van der Waals surface area contributed by atoms with E-state index in [4.69, 9.17) is 9.84 Å². The van der Waals surface area contributed by atoms with Gasteiger partial charge in [-0.2, -0.15) is 12.2 Å². The molecule has 0 saturated carbocycles. The van der Waals surface area contributed by atoms with Gasteiger partial charge in [-0.05, 0) is 6.42 Å². The molecule has 1 aromatic heterocycles. The summed E-state index contributed by atoms with van der Waals surface area (Å²) in [4.78, 5) is 35.4. The summed E-state index contributed by atoms with van der Waals surface area (Å²) in [7, 11) is 2.11. The lowest BCUT2D eigenvalue weighted by molar-refractivity contribution is -0.115. The number of carbonyl (C=O) groups is 1. The Labute approximate surface area is 130 Å². The number of nitrogens with zero attached hydrogens (tertiary/aromatic N) is 1. The molecule has 0 amide bonds. The average molecular weight is 336 g/mol. The molecule has 4 unspecified atom stereocenters. The smallest absolute Gasteiger partial charge is 0.330 e. The van der Waals surface area contributed by atoms with Crippen LogP contribution in [-0.2, 0) is 9.53 Å². The molecule has 120 valence electrons. The zero-order valence-corrected chi connectivity index (χ0v) is 14.0. The Morgan fingerprint density at radius 2 is 2.14 bits per heavy atom. The zero-order chi connectivity index (χ0) is 16.4. The molecule has 7 nitrogen and oxygen atoms in total. The van der Waals surface area contributed by atoms with Crippen molar-refractivity contribution in [2.24, 2.45) is 5.92 Å². The van der Waals surface area contributed by atoms with Crippen LogP contribution in [0.5, 0.6) is 0 Å². The first-order chi connectivity index (χ1) is 10.2. The second kappa shape index (κ2) is 10.7. The Hall–Kier alpha value is -0.950. The van der Waals surface area contributed by atoms with Crippen molar-refractivity contribution in [1.29, 1.82) is 0 Å². The lowest BCUT2D eigenvalue weighted by Gasteiger charge is -2.16. The normalized spacial score (nSPS) is 23.4. The highest BCUT2D eigenvalue weighted by molar-refractivity contribution is 8.31. The van der Waals surface area contributed by atoms with Crippen LogP contribution < -0.4 is 11.2 Å². The fourth-order valence-corrected chi connectivity index (χ4v) is 1.91. The fraction of sp³-hybridized carbons (Fsp3) is 0.583. The molecule has 1 aliphatic heterocycles. The minimum Gasteiger partial charge on any atom is -0.394 e. The molecule has 2 N–H and O–H groups in total. The molecule has 21 heavy (non-hydrogen) atoms. The maximum Gasteiger partial charge on any atom is 0.330 e. The number of aliphatic hydroxyl groups excluding tert-OH is 1. The number of carbonyl (C=O) groups excluding carboxylic acids is 1. The van der Waals surface area contributed by atoms with Crippen LogP contribution in [0, 0.1) is 5.92 Å². The van der Waals surface area contributed by atoms with Crippen molar-refractivity contribution >= 4 is 27.0 Å². The Morgan fingerprint density at radius 3 is 2.62 bits per heavy atom. The van der Waals surface area contributed by atoms with Crippen LogP contribution in [0.4, 0.5) is 0 Å². The maximum atomic E-state index is 11.5. The fourth-order valence-electron chi connectivity index (χ4n) is 1.91. The Balaban J connectivity index is 0.000000921. The Morgan fingerprint density at radius 1 is 1.52 bits per heavy atom. The third-order valence-electron chi connectivity index (χ3n) is 2.74. The van der Waals surface area contributed by atoms with Gasteiger partial charge in [0.15, 0.2) is 0 Å². The molecule has 1 aromatic rings. The molecular weight excluding hydrogens is 315 g/mol. The van der Waals surface area contributed by atoms with Gasteiger partial charge in [0.1, 0.15) is 12.5 Å². The van der Waals surface area contributed by atoms with E-state index in [2.05, 4.69) is 25.7 Å². The van der Waals surface area contributed by atoms with E-state index in [0.717, 1.165) is 4.57 Å². The molecular formula is C12H21N2O5PS. The van der Waals surface area contributed by atoms with Crippen molar-refractivity contribution in [3.05, 3.63) is 33.1 Å². The molecule has 0 radical (unpaired) electrons. The van der Waals surface area contributed by atoms with E-state index in [1.165, 1.54) is 12.3 Å². The highest BCUT2D eigenvalue weighted by Crippen LogP contribution is 2.31. The van der Waals surface area contributed by atoms with Crippen LogP contribution >= 0.6 is 20.7 Å². The average Bonchev–Trinajstić information content (AvgIpc) is 2.94. The number of H-pyrrole nitrogens is 1. The number of thiol groups is 1. The van der Waals surface area contributed by atoms with Crippen molar-refractivity contribution in [1.82, 2.24) is 9.55 Å². The van der Waals surface area contributed by atoms with Crippen molar-refractivity contribution < 1.29 is 14.6 Å². The maximum absolute atomic E-state index is 11.5. The van der Waals surface area contributed by atoms with Crippen molar-refractivity contribution in [3.8, 4) is 0 Å². The van der Waals surface area contributed by atoms with Gasteiger partial charge in [-0.25, -0.2) is 4.79 Å². The number of ether oxygens (including phenoxy) is 1. The first kappa shape index (κ1) is 20.1. The van der Waals surface area contributed by atoms with Gasteiger partial charge < -0.3 is 14.6 Å². The summed E-state index contributed by atoms with van der Waals surface area (Å²) in [5, 5.41) is 8.97. The van der Waals surface area contributed by atoms with E-state index in [-0.39, 0.29) is 6.61 Å². The van der Waals surface area contributed by atoms with Crippen LogP contribution in [0.15, 0.2) is 21.9 Å². The number of aldehydes is 1. The van der Waals surface area contributed by atoms with E-state index < -0.39 is 29.5 Å². The minimum atomic E-state index is -0.769. The Kier molecular flexibility index (Phi) is 10.2. The topological polar surface area (TPSA) is 101 Å². The molecule has 2 heterocycles. The summed E-state index contributed by atoms with van der Waals surface area (Å²) in [6.07, 6.45) is 1.10. The molecule has 0 bridgehead atoms. The third kappa shape index (κ3) is 5.39. The third-order valence-corrected chi connectivity index (χ3v) is 2.74. The van der Waals surface area contributed by atoms with Gasteiger partial charge in [-0.1, -0.05) is 22.3 Å². The number of aliphatic hydroxyl groups is 1. The summed E-state index contributed by atoms with van der Waals surface area (Å²) < 4.78 is 6.53.